The summed E-state index contributed by atoms with van der Waals surface area (Å²) in [5, 5.41) is 0. The van der Waals surface area contributed by atoms with Crippen LogP contribution in [0.5, 0.6) is 0 Å². The van der Waals surface area contributed by atoms with E-state index >= 15 is 0 Å². The predicted molar refractivity (Wildman–Crippen MR) is 50.7 cm³/mol. The normalized spacial score (nSPS) is 10.8. The smallest absolute Gasteiger partial charge is 0.212 e. The Kier molecular flexibility index (Phi) is 2.83. The first-order chi connectivity index (χ1) is 5.52. The number of halogens is 2. The molecule has 0 atom stereocenters. The molecule has 0 aliphatic carbocycles. The van der Waals surface area contributed by atoms with Gasteiger partial charge in [-0.05, 0) is 46.0 Å². The first-order valence-corrected chi connectivity index (χ1v) is 4.64. The lowest BCUT2D eigenvalue weighted by Gasteiger charge is -2.10. The molecule has 1 nitrogen and oxygen atoms in total. The summed E-state index contributed by atoms with van der Waals surface area (Å²) in [6.07, 6.45) is 0. The minimum Gasteiger partial charge on any atom is -0.212 e. The maximum absolute atomic E-state index is 12.8. The number of aromatic nitrogens is 1. The average Bonchev–Trinajstić information content (AvgIpc) is 1.96. The van der Waals surface area contributed by atoms with Gasteiger partial charge in [-0.1, -0.05) is 13.8 Å². The Bertz CT molecular complexity index is 297. The molecule has 1 heterocycles. The van der Waals surface area contributed by atoms with Gasteiger partial charge >= 0.3 is 0 Å². The fourth-order valence-corrected chi connectivity index (χ4v) is 1.56. The maximum atomic E-state index is 12.8. The van der Waals surface area contributed by atoms with Crippen molar-refractivity contribution in [2.45, 2.75) is 26.7 Å². The van der Waals surface area contributed by atoms with Gasteiger partial charge in [-0.3, -0.25) is 0 Å². The molecule has 0 spiro atoms. The van der Waals surface area contributed by atoms with Crippen molar-refractivity contribution in [3.63, 3.8) is 0 Å². The van der Waals surface area contributed by atoms with Crippen molar-refractivity contribution >= 4 is 15.9 Å². The van der Waals surface area contributed by atoms with Crippen LogP contribution in [0.25, 0.3) is 0 Å². The molecular formula is C9H11BrFN. The van der Waals surface area contributed by atoms with Crippen LogP contribution in [0.2, 0.25) is 0 Å². The Morgan fingerprint density at radius 2 is 2.08 bits per heavy atom. The Labute approximate surface area is 80.1 Å². The molecule has 0 unspecified atom stereocenters. The molecule has 12 heavy (non-hydrogen) atoms. The number of rotatable bonds is 1. The van der Waals surface area contributed by atoms with Gasteiger partial charge in [0.1, 0.15) is 4.60 Å². The lowest BCUT2D eigenvalue weighted by molar-refractivity contribution is 0.575. The van der Waals surface area contributed by atoms with Gasteiger partial charge in [0, 0.05) is 0 Å². The van der Waals surface area contributed by atoms with Crippen LogP contribution < -0.4 is 0 Å². The van der Waals surface area contributed by atoms with E-state index in [2.05, 4.69) is 20.9 Å². The van der Waals surface area contributed by atoms with Gasteiger partial charge in [-0.2, -0.15) is 4.39 Å². The van der Waals surface area contributed by atoms with Crippen molar-refractivity contribution in [2.75, 3.05) is 0 Å². The zero-order valence-corrected chi connectivity index (χ0v) is 8.94. The summed E-state index contributed by atoms with van der Waals surface area (Å²) in [7, 11) is 0. The Morgan fingerprint density at radius 1 is 1.50 bits per heavy atom. The largest absolute Gasteiger partial charge is 0.214 e. The Morgan fingerprint density at radius 3 is 2.58 bits per heavy atom. The summed E-state index contributed by atoms with van der Waals surface area (Å²) in [5.74, 6) is -0.0880. The minimum absolute atomic E-state index is 0.332. The molecular weight excluding hydrogens is 221 g/mol. The molecule has 0 N–H and O–H groups in total. The molecule has 3 heteroatoms. The monoisotopic (exact) mass is 231 g/mol. The highest BCUT2D eigenvalue weighted by Gasteiger charge is 2.09. The molecule has 1 aromatic rings. The molecule has 1 rings (SSSR count). The van der Waals surface area contributed by atoms with Crippen LogP contribution in [-0.4, -0.2) is 4.98 Å². The molecule has 0 fully saturated rings. The van der Waals surface area contributed by atoms with E-state index in [1.807, 2.05) is 20.8 Å². The molecule has 0 aliphatic rings. The van der Waals surface area contributed by atoms with E-state index in [1.54, 1.807) is 0 Å². The average molecular weight is 232 g/mol. The highest BCUT2D eigenvalue weighted by molar-refractivity contribution is 9.10. The Hall–Kier alpha value is -0.440. The van der Waals surface area contributed by atoms with Gasteiger partial charge in [0.25, 0.3) is 0 Å². The summed E-state index contributed by atoms with van der Waals surface area (Å²) < 4.78 is 13.4. The number of nitrogens with zero attached hydrogens (tertiary/aromatic N) is 1. The lowest BCUT2D eigenvalue weighted by atomic mass is 10.0. The zero-order valence-electron chi connectivity index (χ0n) is 7.36. The summed E-state index contributed by atoms with van der Waals surface area (Å²) >= 11 is 3.21. The summed E-state index contributed by atoms with van der Waals surface area (Å²) in [5.41, 5.74) is 2.03. The molecule has 0 bridgehead atoms. The predicted octanol–water partition coefficient (Wildman–Crippen LogP) is 3.42. The summed E-state index contributed by atoms with van der Waals surface area (Å²) in [4.78, 5) is 3.67. The van der Waals surface area contributed by atoms with Crippen molar-refractivity contribution in [2.24, 2.45) is 0 Å². The molecule has 66 valence electrons. The maximum Gasteiger partial charge on any atom is 0.214 e. The van der Waals surface area contributed by atoms with E-state index in [0.29, 0.717) is 10.5 Å². The van der Waals surface area contributed by atoms with Crippen LogP contribution in [0, 0.1) is 12.9 Å². The highest BCUT2D eigenvalue weighted by Crippen LogP contribution is 2.24. The van der Waals surface area contributed by atoms with Gasteiger partial charge in [-0.15, -0.1) is 0 Å². The Balaban J connectivity index is 3.28. The molecule has 0 aliphatic heterocycles. The molecule has 1 aromatic heterocycles. The lowest BCUT2D eigenvalue weighted by Crippen LogP contribution is -1.97. The van der Waals surface area contributed by atoms with E-state index in [4.69, 9.17) is 0 Å². The highest BCUT2D eigenvalue weighted by atomic mass is 79.9. The zero-order chi connectivity index (χ0) is 9.30. The van der Waals surface area contributed by atoms with Crippen molar-refractivity contribution in [1.29, 1.82) is 0 Å². The van der Waals surface area contributed by atoms with E-state index in [0.717, 1.165) is 11.1 Å². The van der Waals surface area contributed by atoms with Crippen LogP contribution in [0.15, 0.2) is 10.7 Å². The fraction of sp³-hybridized carbons (Fsp3) is 0.444. The first kappa shape index (κ1) is 9.65. The van der Waals surface area contributed by atoms with Gasteiger partial charge in [0.05, 0.1) is 0 Å². The van der Waals surface area contributed by atoms with E-state index in [1.165, 1.54) is 6.07 Å². The molecule has 0 radical (unpaired) electrons. The van der Waals surface area contributed by atoms with Crippen LogP contribution in [0.3, 0.4) is 0 Å². The van der Waals surface area contributed by atoms with Gasteiger partial charge in [-0.25, -0.2) is 4.98 Å². The van der Waals surface area contributed by atoms with Crippen molar-refractivity contribution < 1.29 is 4.39 Å². The van der Waals surface area contributed by atoms with Crippen molar-refractivity contribution in [3.8, 4) is 0 Å². The van der Waals surface area contributed by atoms with Crippen molar-refractivity contribution in [3.05, 3.63) is 27.7 Å². The van der Waals surface area contributed by atoms with Gasteiger partial charge in [0.15, 0.2) is 0 Å². The van der Waals surface area contributed by atoms with E-state index in [-0.39, 0.29) is 0 Å². The number of pyridine rings is 1. The second kappa shape index (κ2) is 3.52. The van der Waals surface area contributed by atoms with Gasteiger partial charge in [0.2, 0.25) is 5.95 Å². The van der Waals surface area contributed by atoms with Crippen molar-refractivity contribution in [1.82, 2.24) is 4.98 Å². The quantitative estimate of drug-likeness (QED) is 0.676. The molecule has 0 saturated heterocycles. The van der Waals surface area contributed by atoms with Crippen LogP contribution >= 0.6 is 15.9 Å². The fourth-order valence-electron chi connectivity index (χ4n) is 1.17. The van der Waals surface area contributed by atoms with Crippen LogP contribution in [0.4, 0.5) is 4.39 Å². The second-order valence-electron chi connectivity index (χ2n) is 3.10. The third-order valence-electron chi connectivity index (χ3n) is 1.84. The first-order valence-electron chi connectivity index (χ1n) is 3.85. The number of hydrogen-bond donors (Lipinski definition) is 0. The SMILES string of the molecule is Cc1c(C(C)C)cc(F)nc1Br. The van der Waals surface area contributed by atoms with Crippen LogP contribution in [-0.2, 0) is 0 Å². The topological polar surface area (TPSA) is 12.9 Å². The third kappa shape index (κ3) is 1.83. The summed E-state index contributed by atoms with van der Waals surface area (Å²) in [6, 6.07) is 1.49. The van der Waals surface area contributed by atoms with Crippen LogP contribution in [0.1, 0.15) is 30.9 Å². The van der Waals surface area contributed by atoms with E-state index in [9.17, 15) is 4.39 Å². The molecule has 0 saturated carbocycles. The summed E-state index contributed by atoms with van der Waals surface area (Å²) in [6.45, 7) is 6.01. The standard InChI is InChI=1S/C9H11BrFN/c1-5(2)7-4-8(11)12-9(10)6(7)3/h4-5H,1-3H3. The minimum atomic E-state index is -0.420. The molecule has 0 aromatic carbocycles. The number of hydrogen-bond acceptors (Lipinski definition) is 1. The third-order valence-corrected chi connectivity index (χ3v) is 2.62. The molecule has 0 amide bonds. The van der Waals surface area contributed by atoms with E-state index < -0.39 is 5.95 Å². The van der Waals surface area contributed by atoms with Gasteiger partial charge < -0.3 is 0 Å². The second-order valence-corrected chi connectivity index (χ2v) is 3.86.